The predicted octanol–water partition coefficient (Wildman–Crippen LogP) is 1.70. The number of hydrogen-bond donors (Lipinski definition) is 2. The van der Waals surface area contributed by atoms with Crippen molar-refractivity contribution >= 4 is 11.6 Å². The molecule has 3 nitrogen and oxygen atoms in total. The van der Waals surface area contributed by atoms with E-state index in [1.165, 1.54) is 0 Å². The van der Waals surface area contributed by atoms with E-state index in [4.69, 9.17) is 11.6 Å². The molecule has 0 saturated carbocycles. The van der Waals surface area contributed by atoms with Gasteiger partial charge < -0.3 is 15.3 Å². The maximum atomic E-state index is 9.26. The van der Waals surface area contributed by atoms with Crippen molar-refractivity contribution in [2.45, 2.75) is 6.54 Å². The quantitative estimate of drug-likeness (QED) is 0.805. The molecule has 1 aromatic rings. The minimum atomic E-state index is 0.137. The van der Waals surface area contributed by atoms with Crippen LogP contribution in [-0.2, 0) is 6.54 Å². The van der Waals surface area contributed by atoms with E-state index in [0.717, 1.165) is 25.2 Å². The van der Waals surface area contributed by atoms with E-state index in [9.17, 15) is 5.11 Å². The summed E-state index contributed by atoms with van der Waals surface area (Å²) in [4.78, 5) is 2.19. The average molecular weight is 229 g/mol. The van der Waals surface area contributed by atoms with Gasteiger partial charge >= 0.3 is 0 Å². The summed E-state index contributed by atoms with van der Waals surface area (Å²) in [6, 6.07) is 5.31. The van der Waals surface area contributed by atoms with E-state index in [-0.39, 0.29) is 5.75 Å². The Hall–Kier alpha value is -0.770. The van der Waals surface area contributed by atoms with Crippen LogP contribution in [-0.4, -0.2) is 37.2 Å². The molecule has 15 heavy (non-hydrogen) atoms. The first-order chi connectivity index (χ1) is 7.13. The van der Waals surface area contributed by atoms with E-state index >= 15 is 0 Å². The van der Waals surface area contributed by atoms with Crippen molar-refractivity contribution < 1.29 is 5.11 Å². The number of phenols is 1. The molecule has 1 rings (SSSR count). The van der Waals surface area contributed by atoms with Gasteiger partial charge in [0.15, 0.2) is 0 Å². The summed E-state index contributed by atoms with van der Waals surface area (Å²) >= 11 is 5.82. The molecule has 0 amide bonds. The first-order valence-electron chi connectivity index (χ1n) is 4.94. The predicted molar refractivity (Wildman–Crippen MR) is 63.4 cm³/mol. The number of phenolic OH excluding ortho intramolecular Hbond substituents is 1. The molecule has 0 heterocycles. The molecule has 0 saturated heterocycles. The van der Waals surface area contributed by atoms with Crippen molar-refractivity contribution in [1.29, 1.82) is 0 Å². The monoisotopic (exact) mass is 228 g/mol. The van der Waals surface area contributed by atoms with Crippen molar-refractivity contribution in [3.8, 4) is 5.75 Å². The fourth-order valence-corrected chi connectivity index (χ4v) is 1.55. The Morgan fingerprint density at radius 1 is 1.47 bits per heavy atom. The molecule has 0 fully saturated rings. The fourth-order valence-electron chi connectivity index (χ4n) is 1.34. The van der Waals surface area contributed by atoms with Crippen molar-refractivity contribution in [2.24, 2.45) is 0 Å². The van der Waals surface area contributed by atoms with Gasteiger partial charge in [0.25, 0.3) is 0 Å². The first kappa shape index (κ1) is 12.3. The summed E-state index contributed by atoms with van der Waals surface area (Å²) in [6.07, 6.45) is 0. The first-order valence-corrected chi connectivity index (χ1v) is 5.32. The number of hydrogen-bond acceptors (Lipinski definition) is 3. The van der Waals surface area contributed by atoms with Crippen molar-refractivity contribution in [3.63, 3.8) is 0 Å². The van der Waals surface area contributed by atoms with E-state index in [1.54, 1.807) is 12.1 Å². The second-order valence-corrected chi connectivity index (χ2v) is 4.03. The highest BCUT2D eigenvalue weighted by atomic mass is 35.5. The van der Waals surface area contributed by atoms with E-state index < -0.39 is 0 Å². The maximum Gasteiger partial charge on any atom is 0.134 e. The van der Waals surface area contributed by atoms with Gasteiger partial charge in [-0.2, -0.15) is 0 Å². The lowest BCUT2D eigenvalue weighted by Gasteiger charge is -2.16. The summed E-state index contributed by atoms with van der Waals surface area (Å²) in [5.74, 6) is 0.137. The molecule has 2 N–H and O–H groups in total. The Kier molecular flexibility index (Phi) is 4.88. The van der Waals surface area contributed by atoms with Crippen LogP contribution in [0.2, 0.25) is 5.02 Å². The van der Waals surface area contributed by atoms with Crippen LogP contribution in [0.25, 0.3) is 0 Å². The number of nitrogens with zero attached hydrogens (tertiary/aromatic N) is 1. The van der Waals surface area contributed by atoms with Gasteiger partial charge in [-0.25, -0.2) is 0 Å². The zero-order chi connectivity index (χ0) is 11.3. The molecule has 84 valence electrons. The topological polar surface area (TPSA) is 35.5 Å². The molecule has 0 unspecified atom stereocenters. The Labute approximate surface area is 95.7 Å². The second-order valence-electron chi connectivity index (χ2n) is 3.63. The number of halogens is 1. The summed E-state index contributed by atoms with van der Waals surface area (Å²) in [6.45, 7) is 2.78. The normalized spacial score (nSPS) is 10.9. The van der Waals surface area contributed by atoms with Crippen LogP contribution in [0.4, 0.5) is 0 Å². The average Bonchev–Trinajstić information content (AvgIpc) is 2.20. The molecule has 0 atom stereocenters. The molecule has 0 aliphatic heterocycles. The largest absolute Gasteiger partial charge is 0.506 e. The Balaban J connectivity index is 2.53. The second kappa shape index (κ2) is 5.95. The molecule has 0 aliphatic carbocycles. The third kappa shape index (κ3) is 4.08. The van der Waals surface area contributed by atoms with Gasteiger partial charge in [0.1, 0.15) is 5.75 Å². The summed E-state index contributed by atoms with van der Waals surface area (Å²) < 4.78 is 0. The van der Waals surface area contributed by atoms with Crippen LogP contribution in [0.3, 0.4) is 0 Å². The van der Waals surface area contributed by atoms with E-state index in [2.05, 4.69) is 17.3 Å². The summed E-state index contributed by atoms with van der Waals surface area (Å²) in [5, 5.41) is 12.8. The SMILES string of the molecule is CNCCN(C)Cc1ccc(O)c(Cl)c1. The van der Waals surface area contributed by atoms with Crippen LogP contribution in [0, 0.1) is 0 Å². The van der Waals surface area contributed by atoms with Gasteiger partial charge in [-0.3, -0.25) is 0 Å². The van der Waals surface area contributed by atoms with Crippen LogP contribution in [0.5, 0.6) is 5.75 Å². The third-order valence-corrected chi connectivity index (χ3v) is 2.51. The molecular formula is C11H17ClN2O. The number of likely N-dealkylation sites (N-methyl/N-ethyl adjacent to an activating group) is 2. The van der Waals surface area contributed by atoms with Crippen molar-refractivity contribution in [1.82, 2.24) is 10.2 Å². The van der Waals surface area contributed by atoms with Crippen LogP contribution < -0.4 is 5.32 Å². The minimum absolute atomic E-state index is 0.137. The highest BCUT2D eigenvalue weighted by Crippen LogP contribution is 2.23. The standard InChI is InChI=1S/C11H17ClN2O/c1-13-5-6-14(2)8-9-3-4-11(15)10(12)7-9/h3-4,7,13,15H,5-6,8H2,1-2H3. The zero-order valence-electron chi connectivity index (χ0n) is 9.13. The maximum absolute atomic E-state index is 9.26. The summed E-state index contributed by atoms with van der Waals surface area (Å²) in [5.41, 5.74) is 1.11. The number of benzene rings is 1. The molecule has 4 heteroatoms. The van der Waals surface area contributed by atoms with Gasteiger partial charge in [-0.1, -0.05) is 17.7 Å². The molecule has 0 radical (unpaired) electrons. The zero-order valence-corrected chi connectivity index (χ0v) is 9.88. The lowest BCUT2D eigenvalue weighted by molar-refractivity contribution is 0.328. The fraction of sp³-hybridized carbons (Fsp3) is 0.455. The van der Waals surface area contributed by atoms with Gasteiger partial charge in [0.05, 0.1) is 5.02 Å². The van der Waals surface area contributed by atoms with Crippen molar-refractivity contribution in [2.75, 3.05) is 27.2 Å². The summed E-state index contributed by atoms with van der Waals surface area (Å²) in [7, 11) is 3.99. The van der Waals surface area contributed by atoms with E-state index in [0.29, 0.717) is 5.02 Å². The molecule has 1 aromatic carbocycles. The van der Waals surface area contributed by atoms with E-state index in [1.807, 2.05) is 13.1 Å². The number of nitrogens with one attached hydrogen (secondary N) is 1. The van der Waals surface area contributed by atoms with Crippen LogP contribution in [0.15, 0.2) is 18.2 Å². The van der Waals surface area contributed by atoms with Gasteiger partial charge in [-0.05, 0) is 31.8 Å². The van der Waals surface area contributed by atoms with Crippen LogP contribution in [0.1, 0.15) is 5.56 Å². The van der Waals surface area contributed by atoms with Gasteiger partial charge in [0.2, 0.25) is 0 Å². The smallest absolute Gasteiger partial charge is 0.134 e. The van der Waals surface area contributed by atoms with Gasteiger partial charge in [-0.15, -0.1) is 0 Å². The Morgan fingerprint density at radius 3 is 2.80 bits per heavy atom. The number of rotatable bonds is 5. The molecule has 0 aromatic heterocycles. The highest BCUT2D eigenvalue weighted by Gasteiger charge is 2.02. The molecule has 0 aliphatic rings. The Morgan fingerprint density at radius 2 is 2.20 bits per heavy atom. The third-order valence-electron chi connectivity index (χ3n) is 2.21. The molecule has 0 spiro atoms. The van der Waals surface area contributed by atoms with Crippen molar-refractivity contribution in [3.05, 3.63) is 28.8 Å². The lowest BCUT2D eigenvalue weighted by Crippen LogP contribution is -2.26. The Bertz CT molecular complexity index is 317. The molecular weight excluding hydrogens is 212 g/mol. The minimum Gasteiger partial charge on any atom is -0.506 e. The lowest BCUT2D eigenvalue weighted by atomic mass is 10.2. The molecule has 0 bridgehead atoms. The number of aromatic hydroxyl groups is 1. The highest BCUT2D eigenvalue weighted by molar-refractivity contribution is 6.32. The van der Waals surface area contributed by atoms with Crippen LogP contribution >= 0.6 is 11.6 Å². The van der Waals surface area contributed by atoms with Gasteiger partial charge in [0, 0.05) is 19.6 Å².